The van der Waals surface area contributed by atoms with Crippen molar-refractivity contribution in [3.05, 3.63) is 36.0 Å². The van der Waals surface area contributed by atoms with Gasteiger partial charge >= 0.3 is 0 Å². The molecule has 136 valence electrons. The number of carbonyl (C=O) groups is 1. The van der Waals surface area contributed by atoms with Crippen LogP contribution in [0, 0.1) is 0 Å². The molecule has 0 saturated carbocycles. The van der Waals surface area contributed by atoms with Crippen molar-refractivity contribution in [1.82, 2.24) is 15.2 Å². The number of aryl methyl sites for hydroxylation is 1. The van der Waals surface area contributed by atoms with Crippen LogP contribution in [0.1, 0.15) is 38.2 Å². The number of amides is 1. The molecule has 2 heterocycles. The molecule has 1 atom stereocenters. The topological polar surface area (TPSA) is 68.4 Å². The van der Waals surface area contributed by atoms with E-state index in [1.54, 1.807) is 0 Å². The Kier molecular flexibility index (Phi) is 6.10. The minimum atomic E-state index is -0.234. The van der Waals surface area contributed by atoms with E-state index in [9.17, 15) is 9.90 Å². The number of aromatic nitrogens is 1. The van der Waals surface area contributed by atoms with Crippen LogP contribution in [0.2, 0.25) is 0 Å². The number of β-amino-alcohol motifs (C(OH)–C–C–N with tert-alkyl or cyclic N) is 1. The highest BCUT2D eigenvalue weighted by Crippen LogP contribution is 2.19. The second kappa shape index (κ2) is 8.50. The molecule has 1 aromatic carbocycles. The second-order valence-electron chi connectivity index (χ2n) is 7.06. The summed E-state index contributed by atoms with van der Waals surface area (Å²) in [6, 6.07) is 8.47. The maximum atomic E-state index is 12.3. The number of para-hydroxylation sites is 1. The van der Waals surface area contributed by atoms with Gasteiger partial charge in [0.2, 0.25) is 5.91 Å². The van der Waals surface area contributed by atoms with E-state index >= 15 is 0 Å². The van der Waals surface area contributed by atoms with Crippen molar-refractivity contribution in [2.45, 2.75) is 51.2 Å². The lowest BCUT2D eigenvalue weighted by molar-refractivity contribution is -0.122. The molecule has 1 amide bonds. The zero-order chi connectivity index (χ0) is 17.6. The number of aliphatic hydroxyl groups excluding tert-OH is 1. The van der Waals surface area contributed by atoms with Crippen molar-refractivity contribution >= 4 is 16.8 Å². The Morgan fingerprint density at radius 1 is 1.36 bits per heavy atom. The maximum Gasteiger partial charge on any atom is 0.220 e. The van der Waals surface area contributed by atoms with Crippen molar-refractivity contribution in [2.24, 2.45) is 0 Å². The molecule has 3 N–H and O–H groups in total. The lowest BCUT2D eigenvalue weighted by atomic mass is 10.0. The summed E-state index contributed by atoms with van der Waals surface area (Å²) in [5, 5.41) is 14.1. The van der Waals surface area contributed by atoms with E-state index in [0.717, 1.165) is 50.8 Å². The normalized spacial score (nSPS) is 17.7. The van der Waals surface area contributed by atoms with Gasteiger partial charge in [0.25, 0.3) is 0 Å². The van der Waals surface area contributed by atoms with Crippen LogP contribution in [0.25, 0.3) is 10.9 Å². The predicted molar refractivity (Wildman–Crippen MR) is 101 cm³/mol. The number of nitrogens with zero attached hydrogens (tertiary/aromatic N) is 1. The number of fused-ring (bicyclic) bond motifs is 1. The van der Waals surface area contributed by atoms with Crippen LogP contribution in [0.4, 0.5) is 0 Å². The Morgan fingerprint density at radius 2 is 2.12 bits per heavy atom. The molecule has 1 aliphatic heterocycles. The Hall–Kier alpha value is -1.85. The molecule has 1 aromatic heterocycles. The fourth-order valence-corrected chi connectivity index (χ4v) is 3.57. The number of carbonyl (C=O) groups excluding carboxylic acids is 1. The average molecular weight is 343 g/mol. The van der Waals surface area contributed by atoms with Crippen LogP contribution in [-0.2, 0) is 11.2 Å². The lowest BCUT2D eigenvalue weighted by Gasteiger charge is -2.33. The molecule has 1 saturated heterocycles. The van der Waals surface area contributed by atoms with E-state index in [0.29, 0.717) is 6.42 Å². The quantitative estimate of drug-likeness (QED) is 0.723. The van der Waals surface area contributed by atoms with Gasteiger partial charge in [0.15, 0.2) is 0 Å². The van der Waals surface area contributed by atoms with Crippen LogP contribution >= 0.6 is 0 Å². The highest BCUT2D eigenvalue weighted by Gasteiger charge is 2.21. The predicted octanol–water partition coefficient (Wildman–Crippen LogP) is 2.45. The number of aliphatic hydroxyl groups is 1. The first kappa shape index (κ1) is 18.0. The van der Waals surface area contributed by atoms with Crippen molar-refractivity contribution in [1.29, 1.82) is 0 Å². The van der Waals surface area contributed by atoms with Gasteiger partial charge in [-0.05, 0) is 37.3 Å². The molecular formula is C20H29N3O2. The third-order valence-electron chi connectivity index (χ3n) is 5.19. The Bertz CT molecular complexity index is 689. The number of aromatic amines is 1. The summed E-state index contributed by atoms with van der Waals surface area (Å²) in [7, 11) is 0. The van der Waals surface area contributed by atoms with Crippen molar-refractivity contribution < 1.29 is 9.90 Å². The Morgan fingerprint density at radius 3 is 2.88 bits per heavy atom. The molecule has 0 spiro atoms. The molecule has 5 nitrogen and oxygen atoms in total. The van der Waals surface area contributed by atoms with Gasteiger partial charge < -0.3 is 20.3 Å². The molecule has 2 aromatic rings. The number of nitrogens with one attached hydrogen (secondary N) is 2. The summed E-state index contributed by atoms with van der Waals surface area (Å²) in [5.41, 5.74) is 2.33. The monoisotopic (exact) mass is 343 g/mol. The average Bonchev–Trinajstić information content (AvgIpc) is 3.05. The van der Waals surface area contributed by atoms with Gasteiger partial charge in [0, 0.05) is 49.2 Å². The molecule has 1 aliphatic rings. The zero-order valence-corrected chi connectivity index (χ0v) is 15.0. The van der Waals surface area contributed by atoms with E-state index in [4.69, 9.17) is 0 Å². The van der Waals surface area contributed by atoms with Crippen molar-refractivity contribution in [3.63, 3.8) is 0 Å². The molecule has 0 bridgehead atoms. The largest absolute Gasteiger partial charge is 0.392 e. The number of rotatable bonds is 7. The standard InChI is InChI=1S/C20H29N3O2/c1-2-17(24)14-23-11-9-16(10-12-23)22-20(25)8-7-15-13-21-19-6-4-3-5-18(15)19/h3-6,13,16-17,21,24H,2,7-12,14H2,1H3,(H,22,25)/t17-/m1/s1. The van der Waals surface area contributed by atoms with E-state index in [1.807, 2.05) is 25.3 Å². The van der Waals surface area contributed by atoms with Crippen LogP contribution in [0.15, 0.2) is 30.5 Å². The highest BCUT2D eigenvalue weighted by molar-refractivity contribution is 5.84. The molecule has 25 heavy (non-hydrogen) atoms. The number of hydrogen-bond donors (Lipinski definition) is 3. The van der Waals surface area contributed by atoms with Gasteiger partial charge in [-0.3, -0.25) is 4.79 Å². The number of piperidine rings is 1. The van der Waals surface area contributed by atoms with Crippen LogP contribution in [0.5, 0.6) is 0 Å². The summed E-state index contributed by atoms with van der Waals surface area (Å²) in [6.45, 7) is 4.65. The van der Waals surface area contributed by atoms with Crippen LogP contribution < -0.4 is 5.32 Å². The van der Waals surface area contributed by atoms with Gasteiger partial charge in [-0.15, -0.1) is 0 Å². The molecule has 0 aliphatic carbocycles. The molecule has 1 fully saturated rings. The van der Waals surface area contributed by atoms with Crippen molar-refractivity contribution in [2.75, 3.05) is 19.6 Å². The van der Waals surface area contributed by atoms with E-state index in [2.05, 4.69) is 27.3 Å². The molecule has 0 unspecified atom stereocenters. The summed E-state index contributed by atoms with van der Waals surface area (Å²) in [6.07, 6.45) is 5.79. The summed E-state index contributed by atoms with van der Waals surface area (Å²) in [4.78, 5) is 17.8. The first-order chi connectivity index (χ1) is 12.2. The van der Waals surface area contributed by atoms with Gasteiger partial charge in [0.05, 0.1) is 6.10 Å². The Labute approximate surface area is 149 Å². The summed E-state index contributed by atoms with van der Waals surface area (Å²) < 4.78 is 0. The van der Waals surface area contributed by atoms with Gasteiger partial charge in [0.1, 0.15) is 0 Å². The van der Waals surface area contributed by atoms with Gasteiger partial charge in [-0.1, -0.05) is 25.1 Å². The van der Waals surface area contributed by atoms with Crippen LogP contribution in [0.3, 0.4) is 0 Å². The van der Waals surface area contributed by atoms with Crippen LogP contribution in [-0.4, -0.2) is 52.7 Å². The first-order valence-electron chi connectivity index (χ1n) is 9.40. The van der Waals surface area contributed by atoms with Gasteiger partial charge in [-0.2, -0.15) is 0 Å². The lowest BCUT2D eigenvalue weighted by Crippen LogP contribution is -2.46. The molecule has 0 radical (unpaired) electrons. The van der Waals surface area contributed by atoms with E-state index < -0.39 is 0 Å². The number of benzene rings is 1. The summed E-state index contributed by atoms with van der Waals surface area (Å²) >= 11 is 0. The fourth-order valence-electron chi connectivity index (χ4n) is 3.57. The molecule has 5 heteroatoms. The maximum absolute atomic E-state index is 12.3. The minimum Gasteiger partial charge on any atom is -0.392 e. The zero-order valence-electron chi connectivity index (χ0n) is 15.0. The summed E-state index contributed by atoms with van der Waals surface area (Å²) in [5.74, 6) is 0.136. The molecule has 3 rings (SSSR count). The SMILES string of the molecule is CC[C@@H](O)CN1CCC(NC(=O)CCc2c[nH]c3ccccc23)CC1. The third-order valence-corrected chi connectivity index (χ3v) is 5.19. The fraction of sp³-hybridized carbons (Fsp3) is 0.550. The van der Waals surface area contributed by atoms with E-state index in [1.165, 1.54) is 10.9 Å². The highest BCUT2D eigenvalue weighted by atomic mass is 16.3. The molecular weight excluding hydrogens is 314 g/mol. The second-order valence-corrected chi connectivity index (χ2v) is 7.06. The van der Waals surface area contributed by atoms with Gasteiger partial charge in [-0.25, -0.2) is 0 Å². The van der Waals surface area contributed by atoms with E-state index in [-0.39, 0.29) is 18.1 Å². The number of likely N-dealkylation sites (tertiary alicyclic amines) is 1. The number of H-pyrrole nitrogens is 1. The third kappa shape index (κ3) is 4.83. The Balaban J connectivity index is 1.41. The smallest absolute Gasteiger partial charge is 0.220 e. The van der Waals surface area contributed by atoms with Crippen molar-refractivity contribution in [3.8, 4) is 0 Å². The minimum absolute atomic E-state index is 0.136. The number of hydrogen-bond acceptors (Lipinski definition) is 3. The first-order valence-corrected chi connectivity index (χ1v) is 9.40.